The summed E-state index contributed by atoms with van der Waals surface area (Å²) in [6, 6.07) is 0. The standard InChI is InChI=1S/C15H31/c1-5-14(6-2)12-10-9-11-13-15(7-3)8-4/h14-15H,1,5-13H2,2-4H3. The van der Waals surface area contributed by atoms with Crippen molar-refractivity contribution in [2.45, 2.75) is 78.6 Å². The minimum atomic E-state index is 0.887. The molecule has 0 aliphatic rings. The van der Waals surface area contributed by atoms with E-state index in [1.54, 1.807) is 0 Å². The molecule has 0 aromatic carbocycles. The average molecular weight is 211 g/mol. The van der Waals surface area contributed by atoms with Crippen molar-refractivity contribution in [3.05, 3.63) is 6.92 Å². The van der Waals surface area contributed by atoms with Gasteiger partial charge in [-0.05, 0) is 11.8 Å². The van der Waals surface area contributed by atoms with Gasteiger partial charge in [0.05, 0.1) is 0 Å². The van der Waals surface area contributed by atoms with E-state index in [1.165, 1.54) is 51.4 Å². The van der Waals surface area contributed by atoms with Gasteiger partial charge in [-0.15, -0.1) is 0 Å². The SMILES string of the molecule is [CH2]CC(CC)CCCCCC(CC)CC. The van der Waals surface area contributed by atoms with Crippen LogP contribution in [0.3, 0.4) is 0 Å². The lowest BCUT2D eigenvalue weighted by Gasteiger charge is -2.13. The highest BCUT2D eigenvalue weighted by molar-refractivity contribution is 4.60. The Hall–Kier alpha value is 0. The van der Waals surface area contributed by atoms with Crippen LogP contribution in [0.25, 0.3) is 0 Å². The summed E-state index contributed by atoms with van der Waals surface area (Å²) in [6.45, 7) is 10.9. The molecule has 1 atom stereocenters. The maximum atomic E-state index is 4.01. The molecule has 91 valence electrons. The van der Waals surface area contributed by atoms with E-state index >= 15 is 0 Å². The van der Waals surface area contributed by atoms with Crippen LogP contribution in [0.15, 0.2) is 0 Å². The molecular weight excluding hydrogens is 180 g/mol. The van der Waals surface area contributed by atoms with Crippen LogP contribution >= 0.6 is 0 Å². The summed E-state index contributed by atoms with van der Waals surface area (Å²) in [5.74, 6) is 1.87. The van der Waals surface area contributed by atoms with E-state index in [4.69, 9.17) is 0 Å². The van der Waals surface area contributed by atoms with Crippen LogP contribution in [0.1, 0.15) is 78.6 Å². The van der Waals surface area contributed by atoms with Gasteiger partial charge in [0.15, 0.2) is 0 Å². The summed E-state index contributed by atoms with van der Waals surface area (Å²) in [4.78, 5) is 0. The molecule has 0 spiro atoms. The van der Waals surface area contributed by atoms with Crippen molar-refractivity contribution >= 4 is 0 Å². The normalized spacial score (nSPS) is 11.6. The smallest absolute Gasteiger partial charge is 0.0417 e. The molecule has 0 N–H and O–H groups in total. The summed E-state index contributed by atoms with van der Waals surface area (Å²) >= 11 is 0. The van der Waals surface area contributed by atoms with Crippen molar-refractivity contribution < 1.29 is 0 Å². The van der Waals surface area contributed by atoms with Gasteiger partial charge in [0, 0.05) is 0 Å². The highest BCUT2D eigenvalue weighted by atomic mass is 14.1. The molecule has 0 heteroatoms. The van der Waals surface area contributed by atoms with Crippen LogP contribution in [-0.2, 0) is 0 Å². The van der Waals surface area contributed by atoms with Crippen LogP contribution in [0, 0.1) is 18.8 Å². The number of hydrogen-bond acceptors (Lipinski definition) is 0. The second-order valence-electron chi connectivity index (χ2n) is 4.88. The van der Waals surface area contributed by atoms with E-state index in [1.807, 2.05) is 0 Å². The number of unbranched alkanes of at least 4 members (excludes halogenated alkanes) is 2. The Labute approximate surface area is 97.8 Å². The Morgan fingerprint density at radius 3 is 1.60 bits per heavy atom. The Morgan fingerprint density at radius 1 is 0.733 bits per heavy atom. The second-order valence-corrected chi connectivity index (χ2v) is 4.88. The van der Waals surface area contributed by atoms with Crippen molar-refractivity contribution in [2.75, 3.05) is 0 Å². The molecule has 0 aliphatic heterocycles. The van der Waals surface area contributed by atoms with Crippen molar-refractivity contribution in [1.29, 1.82) is 0 Å². The van der Waals surface area contributed by atoms with E-state index in [9.17, 15) is 0 Å². The lowest BCUT2D eigenvalue weighted by atomic mass is 9.93. The minimum Gasteiger partial charge on any atom is -0.0651 e. The van der Waals surface area contributed by atoms with Crippen LogP contribution < -0.4 is 0 Å². The predicted octanol–water partition coefficient (Wildman–Crippen LogP) is 5.62. The molecule has 0 rings (SSSR count). The molecule has 15 heavy (non-hydrogen) atoms. The van der Waals surface area contributed by atoms with E-state index in [0.717, 1.165) is 18.3 Å². The first-order chi connectivity index (χ1) is 7.28. The van der Waals surface area contributed by atoms with Crippen molar-refractivity contribution in [3.8, 4) is 0 Å². The molecule has 0 saturated carbocycles. The number of hydrogen-bond donors (Lipinski definition) is 0. The van der Waals surface area contributed by atoms with Gasteiger partial charge >= 0.3 is 0 Å². The van der Waals surface area contributed by atoms with E-state index < -0.39 is 0 Å². The Morgan fingerprint density at radius 2 is 1.20 bits per heavy atom. The third kappa shape index (κ3) is 7.88. The molecule has 0 amide bonds. The molecule has 0 aromatic heterocycles. The lowest BCUT2D eigenvalue weighted by molar-refractivity contribution is 0.405. The zero-order valence-corrected chi connectivity index (χ0v) is 11.2. The largest absolute Gasteiger partial charge is 0.0651 e. The molecule has 1 unspecified atom stereocenters. The fraction of sp³-hybridized carbons (Fsp3) is 0.933. The van der Waals surface area contributed by atoms with Gasteiger partial charge in [-0.1, -0.05) is 85.5 Å². The van der Waals surface area contributed by atoms with E-state index in [0.29, 0.717) is 0 Å². The highest BCUT2D eigenvalue weighted by Gasteiger charge is 2.04. The fourth-order valence-corrected chi connectivity index (χ4v) is 2.29. The monoisotopic (exact) mass is 211 g/mol. The summed E-state index contributed by atoms with van der Waals surface area (Å²) in [5, 5.41) is 0. The number of rotatable bonds is 10. The maximum absolute atomic E-state index is 4.01. The summed E-state index contributed by atoms with van der Waals surface area (Å²) in [7, 11) is 0. The molecule has 0 nitrogen and oxygen atoms in total. The van der Waals surface area contributed by atoms with Gasteiger partial charge in [0.25, 0.3) is 0 Å². The van der Waals surface area contributed by atoms with Crippen molar-refractivity contribution in [1.82, 2.24) is 0 Å². The summed E-state index contributed by atoms with van der Waals surface area (Å²) in [5.41, 5.74) is 0. The first-order valence-corrected chi connectivity index (χ1v) is 7.07. The molecular formula is C15H31. The molecule has 0 aromatic rings. The fourth-order valence-electron chi connectivity index (χ4n) is 2.29. The first kappa shape index (κ1) is 15.0. The maximum Gasteiger partial charge on any atom is -0.0417 e. The van der Waals surface area contributed by atoms with Crippen molar-refractivity contribution in [2.24, 2.45) is 11.8 Å². The Bertz CT molecular complexity index is 95.2. The van der Waals surface area contributed by atoms with Gasteiger partial charge in [0.2, 0.25) is 0 Å². The van der Waals surface area contributed by atoms with E-state index in [2.05, 4.69) is 27.7 Å². The molecule has 0 heterocycles. The molecule has 1 radical (unpaired) electrons. The minimum absolute atomic E-state index is 0.887. The van der Waals surface area contributed by atoms with Gasteiger partial charge in [0.1, 0.15) is 0 Å². The van der Waals surface area contributed by atoms with Crippen LogP contribution in [-0.4, -0.2) is 0 Å². The van der Waals surface area contributed by atoms with Crippen LogP contribution in [0.5, 0.6) is 0 Å². The van der Waals surface area contributed by atoms with Gasteiger partial charge < -0.3 is 0 Å². The highest BCUT2D eigenvalue weighted by Crippen LogP contribution is 2.20. The Kier molecular flexibility index (Phi) is 10.5. The predicted molar refractivity (Wildman–Crippen MR) is 70.9 cm³/mol. The lowest BCUT2D eigenvalue weighted by Crippen LogP contribution is -1.98. The molecule has 0 aliphatic carbocycles. The van der Waals surface area contributed by atoms with Crippen LogP contribution in [0.4, 0.5) is 0 Å². The second kappa shape index (κ2) is 10.5. The van der Waals surface area contributed by atoms with Gasteiger partial charge in [-0.2, -0.15) is 0 Å². The third-order valence-electron chi connectivity index (χ3n) is 3.87. The molecule has 0 fully saturated rings. The van der Waals surface area contributed by atoms with E-state index in [-0.39, 0.29) is 0 Å². The molecule has 0 saturated heterocycles. The zero-order chi connectivity index (χ0) is 11.5. The first-order valence-electron chi connectivity index (χ1n) is 7.07. The third-order valence-corrected chi connectivity index (χ3v) is 3.87. The summed E-state index contributed by atoms with van der Waals surface area (Å²) < 4.78 is 0. The quantitative estimate of drug-likeness (QED) is 0.411. The van der Waals surface area contributed by atoms with Gasteiger partial charge in [-0.3, -0.25) is 0 Å². The van der Waals surface area contributed by atoms with Crippen LogP contribution in [0.2, 0.25) is 0 Å². The van der Waals surface area contributed by atoms with Gasteiger partial charge in [-0.25, -0.2) is 0 Å². The van der Waals surface area contributed by atoms with Crippen molar-refractivity contribution in [3.63, 3.8) is 0 Å². The summed E-state index contributed by atoms with van der Waals surface area (Å²) in [6.07, 6.45) is 12.3. The Balaban J connectivity index is 3.30. The molecule has 0 bridgehead atoms. The zero-order valence-electron chi connectivity index (χ0n) is 11.2. The topological polar surface area (TPSA) is 0 Å². The average Bonchev–Trinajstić information content (AvgIpc) is 2.29.